The summed E-state index contributed by atoms with van der Waals surface area (Å²) in [7, 11) is 0. The summed E-state index contributed by atoms with van der Waals surface area (Å²) in [6, 6.07) is 3.84. The number of rotatable bonds is 3. The molecule has 1 aromatic carbocycles. The summed E-state index contributed by atoms with van der Waals surface area (Å²) in [5, 5.41) is 9.36. The summed E-state index contributed by atoms with van der Waals surface area (Å²) in [6.07, 6.45) is -2.79. The molecule has 0 amide bonds. The van der Waals surface area contributed by atoms with Gasteiger partial charge in [-0.05, 0) is 25.1 Å². The van der Waals surface area contributed by atoms with E-state index in [9.17, 15) is 13.2 Å². The molecule has 2 aromatic rings. The second-order valence-corrected chi connectivity index (χ2v) is 4.98. The van der Waals surface area contributed by atoms with Crippen LogP contribution < -0.4 is 5.32 Å². The van der Waals surface area contributed by atoms with E-state index >= 15 is 0 Å². The topological polar surface area (TPSA) is 40.7 Å². The van der Waals surface area contributed by atoms with Crippen molar-refractivity contribution in [2.75, 3.05) is 5.32 Å². The molecule has 102 valence electrons. The van der Waals surface area contributed by atoms with Crippen molar-refractivity contribution in [1.29, 1.82) is 0 Å². The SMILES string of the molecule is Cc1[nH]ncc1CNc1cc(Br)ccc1C(F)(F)F. The maximum Gasteiger partial charge on any atom is 0.418 e. The first-order valence-corrected chi connectivity index (χ1v) is 6.26. The molecule has 0 spiro atoms. The minimum Gasteiger partial charge on any atom is -0.380 e. The lowest BCUT2D eigenvalue weighted by Gasteiger charge is -2.14. The Balaban J connectivity index is 2.24. The van der Waals surface area contributed by atoms with E-state index in [-0.39, 0.29) is 12.2 Å². The van der Waals surface area contributed by atoms with Gasteiger partial charge in [-0.25, -0.2) is 0 Å². The van der Waals surface area contributed by atoms with Crippen molar-refractivity contribution in [3.05, 3.63) is 45.7 Å². The van der Waals surface area contributed by atoms with Crippen LogP contribution in [-0.2, 0) is 12.7 Å². The fraction of sp³-hybridized carbons (Fsp3) is 0.250. The number of hydrogen-bond donors (Lipinski definition) is 2. The van der Waals surface area contributed by atoms with Crippen LogP contribution in [0.3, 0.4) is 0 Å². The Morgan fingerprint density at radius 1 is 1.37 bits per heavy atom. The summed E-state index contributed by atoms with van der Waals surface area (Å²) in [4.78, 5) is 0. The van der Waals surface area contributed by atoms with Crippen molar-refractivity contribution < 1.29 is 13.2 Å². The van der Waals surface area contributed by atoms with Crippen molar-refractivity contribution in [1.82, 2.24) is 10.2 Å². The number of nitrogens with zero attached hydrogens (tertiary/aromatic N) is 1. The Morgan fingerprint density at radius 2 is 2.11 bits per heavy atom. The van der Waals surface area contributed by atoms with Gasteiger partial charge in [0.05, 0.1) is 11.8 Å². The number of aromatic amines is 1. The first-order chi connectivity index (χ1) is 8.88. The van der Waals surface area contributed by atoms with Crippen LogP contribution in [0.25, 0.3) is 0 Å². The Kier molecular flexibility index (Phi) is 3.84. The largest absolute Gasteiger partial charge is 0.418 e. The highest BCUT2D eigenvalue weighted by molar-refractivity contribution is 9.10. The van der Waals surface area contributed by atoms with E-state index in [0.29, 0.717) is 4.47 Å². The van der Waals surface area contributed by atoms with Crippen LogP contribution in [-0.4, -0.2) is 10.2 Å². The maximum absolute atomic E-state index is 12.9. The highest BCUT2D eigenvalue weighted by Crippen LogP contribution is 2.36. The van der Waals surface area contributed by atoms with Gasteiger partial charge in [-0.15, -0.1) is 0 Å². The van der Waals surface area contributed by atoms with E-state index in [1.54, 1.807) is 6.20 Å². The Morgan fingerprint density at radius 3 is 2.68 bits per heavy atom. The molecule has 0 aliphatic carbocycles. The fourth-order valence-corrected chi connectivity index (χ4v) is 2.02. The molecular formula is C12H11BrF3N3. The maximum atomic E-state index is 12.9. The standard InChI is InChI=1S/C12H11BrF3N3/c1-7-8(6-18-19-7)5-17-11-4-9(13)2-3-10(11)12(14,15)16/h2-4,6,17H,5H2,1H3,(H,18,19). The highest BCUT2D eigenvalue weighted by atomic mass is 79.9. The Hall–Kier alpha value is -1.50. The Labute approximate surface area is 116 Å². The summed E-state index contributed by atoms with van der Waals surface area (Å²) in [6.45, 7) is 2.09. The quantitative estimate of drug-likeness (QED) is 0.887. The normalized spacial score (nSPS) is 11.6. The molecule has 0 atom stereocenters. The molecule has 0 fully saturated rings. The lowest BCUT2D eigenvalue weighted by molar-refractivity contribution is -0.137. The van der Waals surface area contributed by atoms with Gasteiger partial charge in [-0.2, -0.15) is 18.3 Å². The van der Waals surface area contributed by atoms with E-state index in [2.05, 4.69) is 31.4 Å². The van der Waals surface area contributed by atoms with Gasteiger partial charge < -0.3 is 5.32 Å². The molecule has 19 heavy (non-hydrogen) atoms. The number of anilines is 1. The minimum absolute atomic E-state index is 0.0440. The molecule has 0 saturated heterocycles. The van der Waals surface area contributed by atoms with Gasteiger partial charge in [0.1, 0.15) is 0 Å². The van der Waals surface area contributed by atoms with Crippen LogP contribution in [0, 0.1) is 6.92 Å². The zero-order valence-corrected chi connectivity index (χ0v) is 11.6. The molecule has 1 heterocycles. The van der Waals surface area contributed by atoms with Crippen molar-refractivity contribution >= 4 is 21.6 Å². The van der Waals surface area contributed by atoms with Crippen LogP contribution >= 0.6 is 15.9 Å². The molecule has 0 aliphatic rings. The molecule has 0 unspecified atom stereocenters. The van der Waals surface area contributed by atoms with Crippen molar-refractivity contribution in [3.8, 4) is 0 Å². The van der Waals surface area contributed by atoms with Crippen LogP contribution in [0.15, 0.2) is 28.9 Å². The summed E-state index contributed by atoms with van der Waals surface area (Å²) in [5.41, 5.74) is 1.02. The number of halogens is 4. The molecular weight excluding hydrogens is 323 g/mol. The van der Waals surface area contributed by atoms with Crippen LogP contribution in [0.5, 0.6) is 0 Å². The minimum atomic E-state index is -4.38. The van der Waals surface area contributed by atoms with E-state index < -0.39 is 11.7 Å². The van der Waals surface area contributed by atoms with Gasteiger partial charge in [-0.1, -0.05) is 15.9 Å². The third-order valence-corrected chi connectivity index (χ3v) is 3.18. The third kappa shape index (κ3) is 3.28. The summed E-state index contributed by atoms with van der Waals surface area (Å²) < 4.78 is 39.1. The van der Waals surface area contributed by atoms with Gasteiger partial charge in [-0.3, -0.25) is 5.10 Å². The first-order valence-electron chi connectivity index (χ1n) is 5.47. The zero-order chi connectivity index (χ0) is 14.0. The predicted molar refractivity (Wildman–Crippen MR) is 69.8 cm³/mol. The van der Waals surface area contributed by atoms with Crippen LogP contribution in [0.1, 0.15) is 16.8 Å². The highest BCUT2D eigenvalue weighted by Gasteiger charge is 2.33. The molecule has 0 saturated carbocycles. The van der Waals surface area contributed by atoms with Gasteiger partial charge in [0.15, 0.2) is 0 Å². The van der Waals surface area contributed by atoms with Gasteiger partial charge in [0.2, 0.25) is 0 Å². The van der Waals surface area contributed by atoms with Gasteiger partial charge >= 0.3 is 6.18 Å². The number of benzene rings is 1. The zero-order valence-electron chi connectivity index (χ0n) is 9.98. The second-order valence-electron chi connectivity index (χ2n) is 4.06. The van der Waals surface area contributed by atoms with Crippen molar-refractivity contribution in [2.24, 2.45) is 0 Å². The molecule has 0 aliphatic heterocycles. The van der Waals surface area contributed by atoms with Gasteiger partial charge in [0, 0.05) is 28.0 Å². The van der Waals surface area contributed by atoms with Crippen LogP contribution in [0.4, 0.5) is 18.9 Å². The number of aryl methyl sites for hydroxylation is 1. The van der Waals surface area contributed by atoms with Crippen LogP contribution in [0.2, 0.25) is 0 Å². The predicted octanol–water partition coefficient (Wildman–Crippen LogP) is 4.11. The summed E-state index contributed by atoms with van der Waals surface area (Å²) in [5.74, 6) is 0. The van der Waals surface area contributed by atoms with Crippen molar-refractivity contribution in [2.45, 2.75) is 19.6 Å². The third-order valence-electron chi connectivity index (χ3n) is 2.69. The smallest absolute Gasteiger partial charge is 0.380 e. The lowest BCUT2D eigenvalue weighted by Crippen LogP contribution is -2.11. The number of hydrogen-bond acceptors (Lipinski definition) is 2. The van der Waals surface area contributed by atoms with Gasteiger partial charge in [0.25, 0.3) is 0 Å². The molecule has 1 aromatic heterocycles. The molecule has 2 N–H and O–H groups in total. The number of alkyl halides is 3. The average molecular weight is 334 g/mol. The molecule has 7 heteroatoms. The molecule has 2 rings (SSSR count). The first kappa shape index (κ1) is 13.9. The second kappa shape index (κ2) is 5.24. The number of H-pyrrole nitrogens is 1. The van der Waals surface area contributed by atoms with E-state index in [4.69, 9.17) is 0 Å². The molecule has 0 bridgehead atoms. The monoisotopic (exact) mass is 333 g/mol. The molecule has 0 radical (unpaired) electrons. The number of aromatic nitrogens is 2. The lowest BCUT2D eigenvalue weighted by atomic mass is 10.1. The Bertz CT molecular complexity index is 578. The van der Waals surface area contributed by atoms with E-state index in [1.807, 2.05) is 6.92 Å². The van der Waals surface area contributed by atoms with Crippen molar-refractivity contribution in [3.63, 3.8) is 0 Å². The average Bonchev–Trinajstić information content (AvgIpc) is 2.70. The number of nitrogens with one attached hydrogen (secondary N) is 2. The molecule has 3 nitrogen and oxygen atoms in total. The summed E-state index contributed by atoms with van der Waals surface area (Å²) >= 11 is 3.17. The fourth-order valence-electron chi connectivity index (χ4n) is 1.65. The van der Waals surface area contributed by atoms with E-state index in [1.165, 1.54) is 12.1 Å². The van der Waals surface area contributed by atoms with E-state index in [0.717, 1.165) is 17.3 Å².